The second-order valence-electron chi connectivity index (χ2n) is 25.0. The van der Waals surface area contributed by atoms with Gasteiger partial charge in [-0.1, -0.05) is 29.0 Å². The maximum absolute atomic E-state index is 13.7. The number of benzene rings is 4. The first-order valence-electron chi connectivity index (χ1n) is 34.5. The minimum absolute atomic E-state index is 0.00616. The van der Waals surface area contributed by atoms with Crippen molar-refractivity contribution in [2.24, 2.45) is 0 Å². The highest BCUT2D eigenvalue weighted by Gasteiger charge is 2.40. The second kappa shape index (κ2) is 47.4. The third-order valence-electron chi connectivity index (χ3n) is 17.3. The summed E-state index contributed by atoms with van der Waals surface area (Å²) in [5.41, 5.74) is 3.81. The number of carbonyl (C=O) groups excluding carboxylic acids is 18. The summed E-state index contributed by atoms with van der Waals surface area (Å²) in [5.74, 6) is -10.6. The predicted octanol–water partition coefficient (Wildman–Crippen LogP) is 13.5. The Balaban J connectivity index is 0.000000399. The Labute approximate surface area is 787 Å². The molecule has 44 heteroatoms. The molecule has 5 N–H and O–H groups in total. The van der Waals surface area contributed by atoms with E-state index in [0.717, 1.165) is 0 Å². The largest absolute Gasteiger partial charge is 0.560 e. The van der Waals surface area contributed by atoms with Crippen LogP contribution in [0.3, 0.4) is 0 Å². The number of carbonyl (C=O) groups is 20. The number of aromatic carboxylic acids is 2. The minimum Gasteiger partial charge on any atom is -0.478 e. The van der Waals surface area contributed by atoms with Crippen LogP contribution in [0.5, 0.6) is 0 Å². The maximum atomic E-state index is 13.7. The number of ketones is 6. The highest BCUT2D eigenvalue weighted by molar-refractivity contribution is 14.1. The molecule has 35 nitrogen and oxygen atoms in total. The summed E-state index contributed by atoms with van der Waals surface area (Å²) in [4.78, 5) is 263. The van der Waals surface area contributed by atoms with Crippen molar-refractivity contribution in [3.63, 3.8) is 0 Å². The fourth-order valence-electron chi connectivity index (χ4n) is 11.4. The Kier molecular flexibility index (Phi) is 41.9. The topological polar surface area (TPSA) is 496 Å². The van der Waals surface area contributed by atoms with E-state index in [2.05, 4.69) is 25.1 Å². The molecular weight excluding hydrogens is 2560 g/mol. The van der Waals surface area contributed by atoms with Crippen LogP contribution in [-0.2, 0) is 70.3 Å². The first kappa shape index (κ1) is 103. The van der Waals surface area contributed by atoms with Gasteiger partial charge in [-0.2, -0.15) is 4.79 Å². The lowest BCUT2D eigenvalue weighted by Crippen LogP contribution is -2.37. The van der Waals surface area contributed by atoms with E-state index in [1.807, 2.05) is 136 Å². The Hall–Kier alpha value is -5.99. The van der Waals surface area contributed by atoms with Crippen LogP contribution in [0, 0.1) is 56.3 Å². The molecule has 3 heterocycles. The molecule has 0 radical (unpaired) electrons. The van der Waals surface area contributed by atoms with Gasteiger partial charge >= 0.3 is 24.2 Å². The molecule has 3 aliphatic rings. The zero-order valence-corrected chi connectivity index (χ0v) is 83.3. The predicted molar refractivity (Wildman–Crippen MR) is 490 cm³/mol. The summed E-state index contributed by atoms with van der Waals surface area (Å²) < 4.78 is 16.7. The number of aliphatic hydroxyl groups is 1. The number of hydroxylamine groups is 6. The van der Waals surface area contributed by atoms with E-state index in [9.17, 15) is 106 Å². The smallest absolute Gasteiger partial charge is 0.478 e. The molecule has 0 saturated carbocycles. The number of Topliss-reactive ketones (excluding diaryl/α,β-unsaturated/α-hetero) is 6. The van der Waals surface area contributed by atoms with Crippen LogP contribution in [0.2, 0.25) is 0 Å². The van der Waals surface area contributed by atoms with E-state index < -0.39 is 110 Å². The molecule has 10 amide bonds. The third-order valence-corrected chi connectivity index (χ3v) is 25.9. The number of imide groups is 3. The molecule has 0 aliphatic carbocycles. The van der Waals surface area contributed by atoms with Crippen molar-refractivity contribution in [1.29, 1.82) is 0 Å². The van der Waals surface area contributed by atoms with Gasteiger partial charge in [-0.15, -0.1) is 0 Å². The van der Waals surface area contributed by atoms with Gasteiger partial charge < -0.3 is 40.5 Å². The van der Waals surface area contributed by atoms with Crippen molar-refractivity contribution in [3.8, 4) is 0 Å². The molecular formula is C73H74I9N7O28. The number of nitrogens with one attached hydrogen (secondary N) is 2. The normalized spacial score (nSPS) is 12.8. The number of hydrogen-bond donors (Lipinski definition) is 5. The standard InChI is InChI=1S/C34H33I4N3O12.C29H30I4N2O8.C9H8N2O7.CH3IO/c1-6-17(43)25-27(35)24(15(3)32(30(25)38)40(5)16(4)42)19(45)9-10-20(46)39-31-14(2)23(28(36)26(29(31)37)33(49)50)18(44)8-7-13-52-34(51)53-41-21(47)11-12-22(41)48;1-6-15(38)21-23(30)20(13(3)28(26(21)33)35(5)14(4)37)17(40)9-10-18(41)34-27-12(2)19(16(39)8-7-11-36)24(31)22(25(27)32)29(42)43;12-5-1-2-6(13)10(5)17-9(16)18-11-7(14)3-4-8(11)15;1-2-3/h6-13H2,1-5H3,(H,39,46)(H,49,50);36H,6-11H2,1-5H3,(H,34,41)(H,42,43);1-4H2;1H3. The summed E-state index contributed by atoms with van der Waals surface area (Å²) in [6, 6.07) is 0. The molecule has 0 aromatic heterocycles. The van der Waals surface area contributed by atoms with Gasteiger partial charge in [0.1, 0.15) is 21.2 Å². The molecule has 117 heavy (non-hydrogen) atoms. The summed E-state index contributed by atoms with van der Waals surface area (Å²) in [6.07, 6.45) is -3.96. The van der Waals surface area contributed by atoms with E-state index in [1.165, 1.54) is 23.6 Å². The number of alkyl halides is 1. The molecule has 4 aromatic carbocycles. The van der Waals surface area contributed by atoms with Gasteiger partial charge in [0.2, 0.25) is 23.6 Å². The van der Waals surface area contributed by atoms with Gasteiger partial charge in [0.25, 0.3) is 35.4 Å². The Morgan fingerprint density at radius 2 is 0.675 bits per heavy atom. The van der Waals surface area contributed by atoms with E-state index in [-0.39, 0.29) is 220 Å². The fraction of sp³-hybridized carbons (Fsp3) is 0.397. The van der Waals surface area contributed by atoms with Crippen LogP contribution in [0.4, 0.5) is 32.3 Å². The highest BCUT2D eigenvalue weighted by atomic mass is 127. The van der Waals surface area contributed by atoms with Crippen molar-refractivity contribution in [2.75, 3.05) is 52.7 Å². The van der Waals surface area contributed by atoms with Crippen molar-refractivity contribution < 1.29 is 134 Å². The molecule has 4 aromatic rings. The first-order valence-corrected chi connectivity index (χ1v) is 46.2. The molecule has 3 saturated heterocycles. The summed E-state index contributed by atoms with van der Waals surface area (Å²) >= 11 is 14.4. The number of hydrogen-bond acceptors (Lipinski definition) is 26. The highest BCUT2D eigenvalue weighted by Crippen LogP contribution is 2.42. The van der Waals surface area contributed by atoms with Gasteiger partial charge in [0, 0.05) is 184 Å². The fourth-order valence-corrected chi connectivity index (χ4v) is 23.1. The first-order chi connectivity index (χ1) is 54.7. The summed E-state index contributed by atoms with van der Waals surface area (Å²) in [7, 11) is 3.12. The molecule has 0 bridgehead atoms. The number of carboxylic acids is 2. The number of nitrogens with zero attached hydrogens (tertiary/aromatic N) is 5. The average Bonchev–Trinajstić information content (AvgIpc) is 1.55. The Morgan fingerprint density at radius 3 is 0.957 bits per heavy atom. The van der Waals surface area contributed by atoms with Gasteiger partial charge in [-0.3, -0.25) is 94.3 Å². The number of rotatable bonds is 30. The van der Waals surface area contributed by atoms with Gasteiger partial charge in [0.05, 0.1) is 47.6 Å². The number of amides is 10. The van der Waals surface area contributed by atoms with Gasteiger partial charge in [-0.05, 0) is 244 Å². The Morgan fingerprint density at radius 1 is 0.402 bits per heavy atom. The van der Waals surface area contributed by atoms with Crippen molar-refractivity contribution in [1.82, 2.24) is 15.2 Å². The molecule has 0 atom stereocenters. The lowest BCUT2D eigenvalue weighted by atomic mass is 9.94. The number of carboxylic acid groups (broad SMARTS) is 2. The van der Waals surface area contributed by atoms with E-state index >= 15 is 0 Å². The number of halogens is 9. The maximum Gasteiger partial charge on any atom is 0.560 e. The van der Waals surface area contributed by atoms with Gasteiger partial charge in [0.15, 0.2) is 34.7 Å². The van der Waals surface area contributed by atoms with Crippen LogP contribution >= 0.6 is 202 Å². The van der Waals surface area contributed by atoms with Crippen LogP contribution < -0.4 is 20.4 Å². The van der Waals surface area contributed by atoms with Crippen molar-refractivity contribution in [3.05, 3.63) is 95.3 Å². The lowest BCUT2D eigenvalue weighted by molar-refractivity contribution is -0.198. The summed E-state index contributed by atoms with van der Waals surface area (Å²) in [5, 5.41) is 35.3. The second-order valence-corrected chi connectivity index (χ2v) is 34.5. The van der Waals surface area contributed by atoms with E-state index in [1.54, 1.807) is 106 Å². The Bertz CT molecular complexity index is 4790. The van der Waals surface area contributed by atoms with Crippen LogP contribution in [-0.4, -0.2) is 181 Å². The molecule has 632 valence electrons. The van der Waals surface area contributed by atoms with Gasteiger partial charge in [-0.25, -0.2) is 14.4 Å². The third kappa shape index (κ3) is 26.0. The number of anilines is 4. The molecule has 0 unspecified atom stereocenters. The molecule has 3 aliphatic heterocycles. The summed E-state index contributed by atoms with van der Waals surface area (Å²) in [6.45, 7) is 12.2. The zero-order chi connectivity index (χ0) is 89.0. The van der Waals surface area contributed by atoms with Crippen molar-refractivity contribution in [2.45, 2.75) is 158 Å². The monoisotopic (exact) mass is 2640 g/mol. The number of aliphatic hydroxyl groups excluding tert-OH is 1. The van der Waals surface area contributed by atoms with E-state index in [0.29, 0.717) is 58.5 Å². The minimum atomic E-state index is -1.48. The average molecular weight is 2640 g/mol. The lowest BCUT2D eigenvalue weighted by Gasteiger charge is -2.25. The molecule has 3 fully saturated rings. The van der Waals surface area contributed by atoms with Crippen LogP contribution in [0.25, 0.3) is 0 Å². The SMILES string of the molecule is CCC(=O)c1c(I)c(C(=O)CCC(=O)Nc2c(C)c(C(=O)CCCO)c(I)c(C(=O)O)c2I)c(C)c(N(C)C(C)=O)c1I.CCC(=O)c1c(I)c(C(=O)CCC(=O)Nc2c(C)c(C(=O)CCCOC(=O)ON3C(=O)CCC3=O)c(I)c(C(=O)O)c2I)c(C)c(N(C)C(C)=O)c1I.CI=O.O=C(ON1C(=O)CCC1=O)ON1C(=O)CCC1=O. The number of ether oxygens (including phenoxy) is 1. The molecule has 0 spiro atoms. The van der Waals surface area contributed by atoms with Crippen LogP contribution in [0.15, 0.2) is 0 Å². The molecule has 7 rings (SSSR count). The van der Waals surface area contributed by atoms with Crippen molar-refractivity contribution >= 4 is 343 Å². The van der Waals surface area contributed by atoms with Crippen LogP contribution in [0.1, 0.15) is 236 Å². The zero-order valence-electron chi connectivity index (χ0n) is 63.9. The quantitative estimate of drug-likeness (QED) is 0.00808. The van der Waals surface area contributed by atoms with E-state index in [4.69, 9.17) is 12.9 Å².